The summed E-state index contributed by atoms with van der Waals surface area (Å²) in [4.78, 5) is 0.254. The summed E-state index contributed by atoms with van der Waals surface area (Å²) >= 11 is 1.10. The number of alkyl halides is 3. The molecule has 0 spiro atoms. The maximum absolute atomic E-state index is 12.6. The SMILES string of the molecule is CCNc1ccc(SC)c(C(F)(F)F)c1. The van der Waals surface area contributed by atoms with Crippen molar-refractivity contribution in [3.05, 3.63) is 23.8 Å². The van der Waals surface area contributed by atoms with Gasteiger partial charge in [0, 0.05) is 17.1 Å². The maximum atomic E-state index is 12.6. The van der Waals surface area contributed by atoms with E-state index in [1.165, 1.54) is 6.07 Å². The van der Waals surface area contributed by atoms with Crippen LogP contribution in [0, 0.1) is 0 Å². The summed E-state index contributed by atoms with van der Waals surface area (Å²) in [5.74, 6) is 0. The second kappa shape index (κ2) is 4.79. The van der Waals surface area contributed by atoms with E-state index in [9.17, 15) is 13.2 Å². The minimum atomic E-state index is -4.29. The lowest BCUT2D eigenvalue weighted by Crippen LogP contribution is -2.08. The zero-order valence-electron chi connectivity index (χ0n) is 8.48. The van der Waals surface area contributed by atoms with Gasteiger partial charge in [0.05, 0.1) is 5.56 Å². The largest absolute Gasteiger partial charge is 0.417 e. The highest BCUT2D eigenvalue weighted by Gasteiger charge is 2.33. The molecule has 1 rings (SSSR count). The van der Waals surface area contributed by atoms with E-state index in [0.29, 0.717) is 12.2 Å². The Morgan fingerprint density at radius 1 is 1.33 bits per heavy atom. The van der Waals surface area contributed by atoms with Gasteiger partial charge in [0.15, 0.2) is 0 Å². The quantitative estimate of drug-likeness (QED) is 0.798. The molecule has 0 heterocycles. The third kappa shape index (κ3) is 3.06. The molecule has 15 heavy (non-hydrogen) atoms. The van der Waals surface area contributed by atoms with Crippen LogP contribution in [-0.4, -0.2) is 12.8 Å². The number of nitrogens with one attached hydrogen (secondary N) is 1. The van der Waals surface area contributed by atoms with E-state index in [0.717, 1.165) is 17.8 Å². The molecule has 1 aromatic carbocycles. The predicted molar refractivity (Wildman–Crippen MR) is 57.4 cm³/mol. The Balaban J connectivity index is 3.13. The Labute approximate surface area is 91.1 Å². The van der Waals surface area contributed by atoms with E-state index >= 15 is 0 Å². The second-order valence-electron chi connectivity index (χ2n) is 2.94. The molecule has 0 fully saturated rings. The monoisotopic (exact) mass is 235 g/mol. The summed E-state index contributed by atoms with van der Waals surface area (Å²) in [6.45, 7) is 2.45. The van der Waals surface area contributed by atoms with Crippen molar-refractivity contribution in [2.24, 2.45) is 0 Å². The Morgan fingerprint density at radius 3 is 2.47 bits per heavy atom. The topological polar surface area (TPSA) is 12.0 Å². The van der Waals surface area contributed by atoms with Crippen LogP contribution < -0.4 is 5.32 Å². The molecule has 0 radical (unpaired) electrons. The van der Waals surface area contributed by atoms with Crippen LogP contribution in [0.3, 0.4) is 0 Å². The van der Waals surface area contributed by atoms with E-state index in [1.54, 1.807) is 12.3 Å². The summed E-state index contributed by atoms with van der Waals surface area (Å²) in [5, 5.41) is 2.86. The van der Waals surface area contributed by atoms with Crippen molar-refractivity contribution in [3.63, 3.8) is 0 Å². The zero-order valence-corrected chi connectivity index (χ0v) is 9.30. The van der Waals surface area contributed by atoms with E-state index in [2.05, 4.69) is 5.32 Å². The van der Waals surface area contributed by atoms with Crippen molar-refractivity contribution in [1.82, 2.24) is 0 Å². The summed E-state index contributed by atoms with van der Waals surface area (Å²) in [7, 11) is 0. The molecule has 0 saturated carbocycles. The lowest BCUT2D eigenvalue weighted by molar-refractivity contribution is -0.139. The number of hydrogen-bond acceptors (Lipinski definition) is 2. The van der Waals surface area contributed by atoms with Crippen molar-refractivity contribution < 1.29 is 13.2 Å². The molecule has 5 heteroatoms. The number of hydrogen-bond donors (Lipinski definition) is 1. The fourth-order valence-corrected chi connectivity index (χ4v) is 1.84. The van der Waals surface area contributed by atoms with Crippen LogP contribution in [-0.2, 0) is 6.18 Å². The van der Waals surface area contributed by atoms with Crippen LogP contribution in [0.15, 0.2) is 23.1 Å². The van der Waals surface area contributed by atoms with Crippen molar-refractivity contribution in [3.8, 4) is 0 Å². The molecule has 84 valence electrons. The molecule has 0 amide bonds. The van der Waals surface area contributed by atoms with Gasteiger partial charge in [-0.2, -0.15) is 13.2 Å². The van der Waals surface area contributed by atoms with Crippen molar-refractivity contribution in [2.45, 2.75) is 18.0 Å². The average molecular weight is 235 g/mol. The molecule has 1 nitrogen and oxygen atoms in total. The normalized spacial score (nSPS) is 11.5. The number of rotatable bonds is 3. The van der Waals surface area contributed by atoms with Crippen LogP contribution in [0.1, 0.15) is 12.5 Å². The standard InChI is InChI=1S/C10H12F3NS/c1-3-14-7-4-5-9(15-2)8(6-7)10(11,12)13/h4-6,14H,3H2,1-2H3. The van der Waals surface area contributed by atoms with Crippen LogP contribution >= 0.6 is 11.8 Å². The number of benzene rings is 1. The van der Waals surface area contributed by atoms with Gasteiger partial charge in [0.2, 0.25) is 0 Å². The highest BCUT2D eigenvalue weighted by atomic mass is 32.2. The third-order valence-corrected chi connectivity index (χ3v) is 2.68. The van der Waals surface area contributed by atoms with Gasteiger partial charge in [0.1, 0.15) is 0 Å². The van der Waals surface area contributed by atoms with Crippen LogP contribution in [0.2, 0.25) is 0 Å². The minimum Gasteiger partial charge on any atom is -0.385 e. The molecule has 0 unspecified atom stereocenters. The lowest BCUT2D eigenvalue weighted by atomic mass is 10.2. The fourth-order valence-electron chi connectivity index (χ4n) is 1.24. The second-order valence-corrected chi connectivity index (χ2v) is 3.79. The summed E-state index contributed by atoms with van der Waals surface area (Å²) in [5.41, 5.74) is -0.0731. The predicted octanol–water partition coefficient (Wildman–Crippen LogP) is 3.86. The lowest BCUT2D eigenvalue weighted by Gasteiger charge is -2.13. The average Bonchev–Trinajstić information content (AvgIpc) is 2.17. The van der Waals surface area contributed by atoms with E-state index < -0.39 is 11.7 Å². The van der Waals surface area contributed by atoms with Gasteiger partial charge in [-0.05, 0) is 31.4 Å². The maximum Gasteiger partial charge on any atom is 0.417 e. The molecule has 1 aromatic rings. The summed E-state index contributed by atoms with van der Waals surface area (Å²) < 4.78 is 37.8. The van der Waals surface area contributed by atoms with Gasteiger partial charge in [0.25, 0.3) is 0 Å². The third-order valence-electron chi connectivity index (χ3n) is 1.89. The van der Waals surface area contributed by atoms with Crippen molar-refractivity contribution in [1.29, 1.82) is 0 Å². The first-order valence-corrected chi connectivity index (χ1v) is 5.70. The molecule has 0 aliphatic rings. The van der Waals surface area contributed by atoms with Crippen LogP contribution in [0.5, 0.6) is 0 Å². The number of thioether (sulfide) groups is 1. The van der Waals surface area contributed by atoms with E-state index in [-0.39, 0.29) is 4.90 Å². The smallest absolute Gasteiger partial charge is 0.385 e. The van der Waals surface area contributed by atoms with Crippen LogP contribution in [0.25, 0.3) is 0 Å². The molecule has 0 aromatic heterocycles. The Bertz CT molecular complexity index is 336. The zero-order chi connectivity index (χ0) is 11.5. The summed E-state index contributed by atoms with van der Waals surface area (Å²) in [6.07, 6.45) is -2.65. The molecular formula is C10H12F3NS. The van der Waals surface area contributed by atoms with E-state index in [4.69, 9.17) is 0 Å². The minimum absolute atomic E-state index is 0.254. The molecule has 1 N–H and O–H groups in total. The summed E-state index contributed by atoms with van der Waals surface area (Å²) in [6, 6.07) is 4.30. The van der Waals surface area contributed by atoms with Gasteiger partial charge in [-0.1, -0.05) is 0 Å². The van der Waals surface area contributed by atoms with Gasteiger partial charge >= 0.3 is 6.18 Å². The van der Waals surface area contributed by atoms with Gasteiger partial charge in [-0.15, -0.1) is 11.8 Å². The van der Waals surface area contributed by atoms with Crippen molar-refractivity contribution in [2.75, 3.05) is 18.1 Å². The molecular weight excluding hydrogens is 223 g/mol. The van der Waals surface area contributed by atoms with Crippen LogP contribution in [0.4, 0.5) is 18.9 Å². The van der Waals surface area contributed by atoms with Gasteiger partial charge < -0.3 is 5.32 Å². The first-order chi connectivity index (χ1) is 6.99. The van der Waals surface area contributed by atoms with Crippen molar-refractivity contribution >= 4 is 17.4 Å². The molecule has 0 aliphatic carbocycles. The number of anilines is 1. The Morgan fingerprint density at radius 2 is 2.00 bits per heavy atom. The highest BCUT2D eigenvalue weighted by molar-refractivity contribution is 7.98. The first kappa shape index (κ1) is 12.2. The molecule has 0 bridgehead atoms. The first-order valence-electron chi connectivity index (χ1n) is 4.48. The Hall–Kier alpha value is -0.840. The Kier molecular flexibility index (Phi) is 3.90. The fraction of sp³-hybridized carbons (Fsp3) is 0.400. The molecule has 0 aliphatic heterocycles. The van der Waals surface area contributed by atoms with Gasteiger partial charge in [-0.3, -0.25) is 0 Å². The van der Waals surface area contributed by atoms with E-state index in [1.807, 2.05) is 6.92 Å². The number of halogens is 3. The van der Waals surface area contributed by atoms with Gasteiger partial charge in [-0.25, -0.2) is 0 Å². The molecule has 0 saturated heterocycles. The molecule has 0 atom stereocenters. The highest BCUT2D eigenvalue weighted by Crippen LogP contribution is 2.37.